The minimum Gasteiger partial charge on any atom is -0.467 e. The lowest BCUT2D eigenvalue weighted by molar-refractivity contribution is 0.380. The molecule has 2 aromatic rings. The van der Waals surface area contributed by atoms with E-state index < -0.39 is 10.0 Å². The van der Waals surface area contributed by atoms with Gasteiger partial charge in [-0.2, -0.15) is 0 Å². The molecule has 0 saturated carbocycles. The van der Waals surface area contributed by atoms with Crippen molar-refractivity contribution < 1.29 is 13.2 Å². The van der Waals surface area contributed by atoms with Crippen LogP contribution >= 0.6 is 0 Å². The molecule has 0 bridgehead atoms. The van der Waals surface area contributed by atoms with E-state index in [1.165, 1.54) is 19.5 Å². The van der Waals surface area contributed by atoms with E-state index in [0.29, 0.717) is 11.1 Å². The fourth-order valence-corrected chi connectivity index (χ4v) is 3.75. The largest absolute Gasteiger partial charge is 0.467 e. The molecule has 0 spiro atoms. The first kappa shape index (κ1) is 15.2. The van der Waals surface area contributed by atoms with Gasteiger partial charge in [-0.25, -0.2) is 18.4 Å². The Bertz CT molecular complexity index is 733. The SMILES string of the molecule is COc1ncc(NS(=O)(=O)c2c(C)cc(C)cc2C)cn1. The second-order valence-corrected chi connectivity index (χ2v) is 6.41. The van der Waals surface area contributed by atoms with Crippen LogP contribution in [-0.2, 0) is 10.0 Å². The molecule has 6 nitrogen and oxygen atoms in total. The van der Waals surface area contributed by atoms with Crippen LogP contribution in [-0.4, -0.2) is 25.5 Å². The Labute approximate surface area is 124 Å². The lowest BCUT2D eigenvalue weighted by Gasteiger charge is -2.13. The molecular formula is C14H17N3O3S. The number of ether oxygens (including phenoxy) is 1. The first-order valence-electron chi connectivity index (χ1n) is 6.30. The average molecular weight is 307 g/mol. The molecule has 1 N–H and O–H groups in total. The molecular weight excluding hydrogens is 290 g/mol. The maximum absolute atomic E-state index is 12.5. The number of nitrogens with one attached hydrogen (secondary N) is 1. The second kappa shape index (κ2) is 5.69. The summed E-state index contributed by atoms with van der Waals surface area (Å²) < 4.78 is 32.3. The number of hydrogen-bond donors (Lipinski definition) is 1. The summed E-state index contributed by atoms with van der Waals surface area (Å²) in [5.41, 5.74) is 2.72. The molecule has 0 unspecified atom stereocenters. The molecule has 2 rings (SSSR count). The molecule has 0 radical (unpaired) electrons. The number of anilines is 1. The van der Waals surface area contributed by atoms with Gasteiger partial charge < -0.3 is 4.74 Å². The van der Waals surface area contributed by atoms with E-state index in [-0.39, 0.29) is 16.6 Å². The van der Waals surface area contributed by atoms with Crippen LogP contribution in [0.25, 0.3) is 0 Å². The molecule has 7 heteroatoms. The Morgan fingerprint density at radius 1 is 1.05 bits per heavy atom. The van der Waals surface area contributed by atoms with E-state index in [0.717, 1.165) is 5.56 Å². The average Bonchev–Trinajstić information content (AvgIpc) is 2.37. The highest BCUT2D eigenvalue weighted by Crippen LogP contribution is 2.24. The van der Waals surface area contributed by atoms with Gasteiger partial charge in [-0.1, -0.05) is 17.7 Å². The molecule has 112 valence electrons. The highest BCUT2D eigenvalue weighted by Gasteiger charge is 2.20. The predicted octanol–water partition coefficient (Wildman–Crippen LogP) is 2.21. The standard InChI is InChI=1S/C14H17N3O3S/c1-9-5-10(2)13(11(3)6-9)21(18,19)17-12-7-15-14(20-4)16-8-12/h5-8,17H,1-4H3. The first-order chi connectivity index (χ1) is 9.83. The molecule has 0 saturated heterocycles. The van der Waals surface area contributed by atoms with Crippen LogP contribution in [0.3, 0.4) is 0 Å². The van der Waals surface area contributed by atoms with Crippen LogP contribution in [0, 0.1) is 20.8 Å². The summed E-state index contributed by atoms with van der Waals surface area (Å²) in [7, 11) is -2.24. The Kier molecular flexibility index (Phi) is 4.13. The number of nitrogens with zero attached hydrogens (tertiary/aromatic N) is 2. The van der Waals surface area contributed by atoms with Crippen molar-refractivity contribution in [2.45, 2.75) is 25.7 Å². The van der Waals surface area contributed by atoms with Crippen molar-refractivity contribution in [2.75, 3.05) is 11.8 Å². The van der Waals surface area contributed by atoms with Crippen LogP contribution in [0.2, 0.25) is 0 Å². The number of methoxy groups -OCH3 is 1. The van der Waals surface area contributed by atoms with Crippen molar-refractivity contribution in [3.05, 3.63) is 41.2 Å². The lowest BCUT2D eigenvalue weighted by Crippen LogP contribution is -2.16. The third-order valence-electron chi connectivity index (χ3n) is 2.94. The molecule has 0 aliphatic carbocycles. The monoisotopic (exact) mass is 307 g/mol. The normalized spacial score (nSPS) is 11.2. The summed E-state index contributed by atoms with van der Waals surface area (Å²) in [5, 5.41) is 0. The molecule has 0 fully saturated rings. The summed E-state index contributed by atoms with van der Waals surface area (Å²) >= 11 is 0. The van der Waals surface area contributed by atoms with Gasteiger partial charge in [0.25, 0.3) is 10.0 Å². The summed E-state index contributed by atoms with van der Waals surface area (Å²) in [6.45, 7) is 5.49. The van der Waals surface area contributed by atoms with E-state index in [1.54, 1.807) is 13.8 Å². The number of sulfonamides is 1. The quantitative estimate of drug-likeness (QED) is 0.936. The third kappa shape index (κ3) is 3.30. The van der Waals surface area contributed by atoms with Gasteiger partial charge >= 0.3 is 6.01 Å². The fraction of sp³-hybridized carbons (Fsp3) is 0.286. The highest BCUT2D eigenvalue weighted by atomic mass is 32.2. The Morgan fingerprint density at radius 2 is 1.57 bits per heavy atom. The Morgan fingerprint density at radius 3 is 2.05 bits per heavy atom. The minimum atomic E-state index is -3.68. The van der Waals surface area contributed by atoms with Crippen molar-refractivity contribution in [1.82, 2.24) is 9.97 Å². The summed E-state index contributed by atoms with van der Waals surface area (Å²) in [6, 6.07) is 3.86. The van der Waals surface area contributed by atoms with E-state index in [2.05, 4.69) is 14.7 Å². The van der Waals surface area contributed by atoms with Crippen LogP contribution in [0.1, 0.15) is 16.7 Å². The number of rotatable bonds is 4. The molecule has 0 aliphatic heterocycles. The van der Waals surface area contributed by atoms with E-state index >= 15 is 0 Å². The van der Waals surface area contributed by atoms with Crippen LogP contribution in [0.15, 0.2) is 29.4 Å². The number of aromatic nitrogens is 2. The van der Waals surface area contributed by atoms with E-state index in [4.69, 9.17) is 4.74 Å². The Hall–Kier alpha value is -2.15. The van der Waals surface area contributed by atoms with Gasteiger partial charge in [-0.3, -0.25) is 4.72 Å². The van der Waals surface area contributed by atoms with Crippen molar-refractivity contribution in [3.63, 3.8) is 0 Å². The van der Waals surface area contributed by atoms with Gasteiger partial charge in [0, 0.05) is 0 Å². The van der Waals surface area contributed by atoms with Gasteiger partial charge in [0.15, 0.2) is 0 Å². The molecule has 1 aromatic carbocycles. The lowest BCUT2D eigenvalue weighted by atomic mass is 10.1. The maximum Gasteiger partial charge on any atom is 0.316 e. The van der Waals surface area contributed by atoms with Gasteiger partial charge in [0.2, 0.25) is 0 Å². The maximum atomic E-state index is 12.5. The molecule has 21 heavy (non-hydrogen) atoms. The van der Waals surface area contributed by atoms with E-state index in [1.807, 2.05) is 19.1 Å². The molecule has 1 aromatic heterocycles. The second-order valence-electron chi connectivity index (χ2n) is 4.79. The van der Waals surface area contributed by atoms with Gasteiger partial charge in [0.05, 0.1) is 30.1 Å². The summed E-state index contributed by atoms with van der Waals surface area (Å²) in [6.07, 6.45) is 2.73. The van der Waals surface area contributed by atoms with Crippen molar-refractivity contribution in [2.24, 2.45) is 0 Å². The van der Waals surface area contributed by atoms with Crippen LogP contribution in [0.5, 0.6) is 6.01 Å². The van der Waals surface area contributed by atoms with Crippen LogP contribution < -0.4 is 9.46 Å². The highest BCUT2D eigenvalue weighted by molar-refractivity contribution is 7.92. The number of hydrogen-bond acceptors (Lipinski definition) is 5. The molecule has 0 atom stereocenters. The molecule has 0 amide bonds. The zero-order valence-electron chi connectivity index (χ0n) is 12.3. The van der Waals surface area contributed by atoms with E-state index in [9.17, 15) is 8.42 Å². The van der Waals surface area contributed by atoms with Crippen molar-refractivity contribution in [1.29, 1.82) is 0 Å². The zero-order chi connectivity index (χ0) is 15.6. The van der Waals surface area contributed by atoms with Crippen molar-refractivity contribution >= 4 is 15.7 Å². The topological polar surface area (TPSA) is 81.2 Å². The zero-order valence-corrected chi connectivity index (χ0v) is 13.2. The first-order valence-corrected chi connectivity index (χ1v) is 7.78. The van der Waals surface area contributed by atoms with Gasteiger partial charge in [-0.15, -0.1) is 0 Å². The number of benzene rings is 1. The molecule has 1 heterocycles. The van der Waals surface area contributed by atoms with Crippen molar-refractivity contribution in [3.8, 4) is 6.01 Å². The summed E-state index contributed by atoms with van der Waals surface area (Å²) in [4.78, 5) is 8.03. The minimum absolute atomic E-state index is 0.181. The van der Waals surface area contributed by atoms with Crippen LogP contribution in [0.4, 0.5) is 5.69 Å². The smallest absolute Gasteiger partial charge is 0.316 e. The predicted molar refractivity (Wildman–Crippen MR) is 80.0 cm³/mol. The Balaban J connectivity index is 2.38. The number of aryl methyl sites for hydroxylation is 3. The fourth-order valence-electron chi connectivity index (χ4n) is 2.27. The van der Waals surface area contributed by atoms with Gasteiger partial charge in [0.1, 0.15) is 0 Å². The molecule has 0 aliphatic rings. The van der Waals surface area contributed by atoms with Gasteiger partial charge in [-0.05, 0) is 31.9 Å². The third-order valence-corrected chi connectivity index (χ3v) is 4.62. The summed E-state index contributed by atoms with van der Waals surface area (Å²) in [5.74, 6) is 0.